The van der Waals surface area contributed by atoms with Gasteiger partial charge in [-0.05, 0) is 49.7 Å². The van der Waals surface area contributed by atoms with Crippen molar-refractivity contribution in [2.75, 3.05) is 0 Å². The van der Waals surface area contributed by atoms with E-state index in [1.54, 1.807) is 0 Å². The van der Waals surface area contributed by atoms with Gasteiger partial charge in [0, 0.05) is 56.1 Å². The number of rotatable bonds is 4. The normalized spacial score (nSPS) is 31.2. The zero-order valence-corrected chi connectivity index (χ0v) is 19.6. The third kappa shape index (κ3) is 5.32. The van der Waals surface area contributed by atoms with Crippen molar-refractivity contribution < 1.29 is 5.21 Å². The lowest BCUT2D eigenvalue weighted by Crippen LogP contribution is -2.46. The Kier molecular flexibility index (Phi) is 7.10. The van der Waals surface area contributed by atoms with E-state index in [9.17, 15) is 0 Å². The minimum Gasteiger partial charge on any atom is -0.411 e. The first kappa shape index (κ1) is 22.6. The van der Waals surface area contributed by atoms with Crippen molar-refractivity contribution in [2.24, 2.45) is 10.9 Å². The van der Waals surface area contributed by atoms with Crippen LogP contribution in [0, 0.1) is 0 Å². The molecule has 4 aliphatic heterocycles. The first-order chi connectivity index (χ1) is 16.2. The predicted octanol–water partition coefficient (Wildman–Crippen LogP) is 4.78. The Balaban J connectivity index is 0.000000139. The molecule has 4 saturated heterocycles. The number of benzene rings is 2. The zero-order valence-electron chi connectivity index (χ0n) is 19.6. The van der Waals surface area contributed by atoms with Crippen LogP contribution < -0.4 is 5.73 Å². The van der Waals surface area contributed by atoms with Gasteiger partial charge in [-0.15, -0.1) is 0 Å². The Morgan fingerprint density at radius 3 is 1.58 bits per heavy atom. The van der Waals surface area contributed by atoms with Crippen LogP contribution in [0.25, 0.3) is 0 Å². The highest BCUT2D eigenvalue weighted by atomic mass is 16.4. The average molecular weight is 447 g/mol. The maximum atomic E-state index is 8.90. The van der Waals surface area contributed by atoms with Crippen molar-refractivity contribution >= 4 is 5.71 Å². The number of nitrogens with zero attached hydrogens (tertiary/aromatic N) is 3. The Hall–Kier alpha value is -2.21. The van der Waals surface area contributed by atoms with Crippen LogP contribution in [0.3, 0.4) is 0 Å². The SMILES string of the molecule is NC1CC2CCC(C1)N2Cc1ccccc1.ON=C1CC2CCC(C1)N2Cc1ccccc1. The number of hydrogen-bond donors (Lipinski definition) is 2. The molecule has 0 amide bonds. The lowest BCUT2D eigenvalue weighted by atomic mass is 9.97. The number of oxime groups is 1. The van der Waals surface area contributed by atoms with Gasteiger partial charge in [-0.25, -0.2) is 0 Å². The molecule has 4 unspecified atom stereocenters. The third-order valence-electron chi connectivity index (χ3n) is 8.19. The monoisotopic (exact) mass is 446 g/mol. The molecule has 0 saturated carbocycles. The van der Waals surface area contributed by atoms with E-state index in [4.69, 9.17) is 10.9 Å². The fraction of sp³-hybridized carbons (Fsp3) is 0.536. The summed E-state index contributed by atoms with van der Waals surface area (Å²) < 4.78 is 0. The van der Waals surface area contributed by atoms with E-state index in [-0.39, 0.29) is 0 Å². The van der Waals surface area contributed by atoms with Crippen molar-refractivity contribution in [1.29, 1.82) is 0 Å². The molecule has 6 rings (SSSR count). The number of nitrogens with two attached hydrogens (primary N) is 1. The van der Waals surface area contributed by atoms with Crippen molar-refractivity contribution in [3.8, 4) is 0 Å². The first-order valence-corrected chi connectivity index (χ1v) is 12.7. The van der Waals surface area contributed by atoms with E-state index < -0.39 is 0 Å². The summed E-state index contributed by atoms with van der Waals surface area (Å²) in [5.74, 6) is 0. The second kappa shape index (κ2) is 10.4. The van der Waals surface area contributed by atoms with Gasteiger partial charge in [0.15, 0.2) is 0 Å². The summed E-state index contributed by atoms with van der Waals surface area (Å²) in [6.45, 7) is 2.15. The molecule has 0 spiro atoms. The summed E-state index contributed by atoms with van der Waals surface area (Å²) in [7, 11) is 0. The van der Waals surface area contributed by atoms with E-state index in [1.165, 1.54) is 49.7 Å². The lowest BCUT2D eigenvalue weighted by Gasteiger charge is -2.37. The van der Waals surface area contributed by atoms with Crippen molar-refractivity contribution in [2.45, 2.75) is 94.7 Å². The Morgan fingerprint density at radius 1 is 0.697 bits per heavy atom. The Morgan fingerprint density at radius 2 is 1.12 bits per heavy atom. The van der Waals surface area contributed by atoms with Crippen LogP contribution >= 0.6 is 0 Å². The lowest BCUT2D eigenvalue weighted by molar-refractivity contribution is 0.120. The van der Waals surface area contributed by atoms with Gasteiger partial charge in [-0.2, -0.15) is 0 Å². The van der Waals surface area contributed by atoms with Gasteiger partial charge in [0.05, 0.1) is 5.71 Å². The van der Waals surface area contributed by atoms with Gasteiger partial charge in [0.2, 0.25) is 0 Å². The van der Waals surface area contributed by atoms with Crippen LogP contribution in [0.15, 0.2) is 65.8 Å². The predicted molar refractivity (Wildman–Crippen MR) is 133 cm³/mol. The molecule has 0 radical (unpaired) electrons. The van der Waals surface area contributed by atoms with Gasteiger partial charge < -0.3 is 10.9 Å². The molecule has 5 nitrogen and oxygen atoms in total. The molecular weight excluding hydrogens is 408 g/mol. The maximum absolute atomic E-state index is 8.90. The van der Waals surface area contributed by atoms with Crippen LogP contribution in [-0.4, -0.2) is 50.9 Å². The summed E-state index contributed by atoms with van der Waals surface area (Å²) >= 11 is 0. The molecule has 2 aromatic rings. The topological polar surface area (TPSA) is 65.1 Å². The minimum atomic E-state index is 0.449. The molecule has 4 heterocycles. The molecule has 33 heavy (non-hydrogen) atoms. The molecule has 4 fully saturated rings. The molecule has 0 aromatic heterocycles. The van der Waals surface area contributed by atoms with Gasteiger partial charge >= 0.3 is 0 Å². The van der Waals surface area contributed by atoms with Crippen molar-refractivity contribution in [3.05, 3.63) is 71.8 Å². The van der Waals surface area contributed by atoms with Gasteiger partial charge in [0.25, 0.3) is 0 Å². The molecule has 4 atom stereocenters. The molecule has 5 heteroatoms. The van der Waals surface area contributed by atoms with Crippen LogP contribution in [0.5, 0.6) is 0 Å². The highest BCUT2D eigenvalue weighted by Crippen LogP contribution is 2.36. The van der Waals surface area contributed by atoms with Crippen LogP contribution in [0.4, 0.5) is 0 Å². The van der Waals surface area contributed by atoms with Crippen LogP contribution in [0.2, 0.25) is 0 Å². The third-order valence-corrected chi connectivity index (χ3v) is 8.19. The fourth-order valence-electron chi connectivity index (χ4n) is 6.58. The fourth-order valence-corrected chi connectivity index (χ4v) is 6.58. The standard InChI is InChI=1S/C14H18N2O.C14H20N2/c17-15-12-8-13-6-7-14(9-12)16(13)10-11-4-2-1-3-5-11;15-12-8-13-6-7-14(9-12)16(13)10-11-4-2-1-3-5-11/h1-5,13-14,17H,6-10H2;1-5,12-14H,6-10,15H2. The average Bonchev–Trinajstić information content (AvgIpc) is 3.21. The largest absolute Gasteiger partial charge is 0.411 e. The first-order valence-electron chi connectivity index (χ1n) is 12.7. The number of fused-ring (bicyclic) bond motifs is 4. The van der Waals surface area contributed by atoms with Gasteiger partial charge in [-0.1, -0.05) is 65.8 Å². The summed E-state index contributed by atoms with van der Waals surface area (Å²) in [6, 6.07) is 24.6. The molecular formula is C28H38N4O. The summed E-state index contributed by atoms with van der Waals surface area (Å²) in [6.07, 6.45) is 9.48. The van der Waals surface area contributed by atoms with E-state index in [2.05, 4.69) is 75.6 Å². The van der Waals surface area contributed by atoms with Gasteiger partial charge in [0.1, 0.15) is 0 Å². The van der Waals surface area contributed by atoms with Crippen LogP contribution in [-0.2, 0) is 13.1 Å². The minimum absolute atomic E-state index is 0.449. The smallest absolute Gasteiger partial charge is 0.0601 e. The van der Waals surface area contributed by atoms with E-state index in [1.807, 2.05) is 0 Å². The Bertz CT molecular complexity index is 888. The highest BCUT2D eigenvalue weighted by Gasteiger charge is 2.40. The van der Waals surface area contributed by atoms with E-state index in [0.717, 1.165) is 43.7 Å². The maximum Gasteiger partial charge on any atom is 0.0601 e. The van der Waals surface area contributed by atoms with Gasteiger partial charge in [-0.3, -0.25) is 9.80 Å². The second-order valence-electron chi connectivity index (χ2n) is 10.4. The summed E-state index contributed by atoms with van der Waals surface area (Å²) in [4.78, 5) is 5.27. The summed E-state index contributed by atoms with van der Waals surface area (Å²) in [5, 5.41) is 12.3. The summed E-state index contributed by atoms with van der Waals surface area (Å²) in [5.41, 5.74) is 9.90. The number of hydrogen-bond acceptors (Lipinski definition) is 5. The van der Waals surface area contributed by atoms with E-state index >= 15 is 0 Å². The Labute approximate surface area is 198 Å². The highest BCUT2D eigenvalue weighted by molar-refractivity contribution is 5.86. The zero-order chi connectivity index (χ0) is 22.6. The molecule has 3 N–H and O–H groups in total. The van der Waals surface area contributed by atoms with E-state index in [0.29, 0.717) is 18.1 Å². The van der Waals surface area contributed by atoms with Crippen molar-refractivity contribution in [1.82, 2.24) is 9.80 Å². The molecule has 4 aliphatic rings. The number of piperidine rings is 2. The van der Waals surface area contributed by atoms with Crippen LogP contribution in [0.1, 0.15) is 62.5 Å². The second-order valence-corrected chi connectivity index (χ2v) is 10.4. The van der Waals surface area contributed by atoms with Crippen molar-refractivity contribution in [3.63, 3.8) is 0 Å². The molecule has 0 aliphatic carbocycles. The molecule has 4 bridgehead atoms. The quantitative estimate of drug-likeness (QED) is 0.524. The molecule has 2 aromatic carbocycles. The molecule has 176 valence electrons.